The highest BCUT2D eigenvalue weighted by molar-refractivity contribution is 5.50. The summed E-state index contributed by atoms with van der Waals surface area (Å²) in [4.78, 5) is 0. The van der Waals surface area contributed by atoms with Gasteiger partial charge in [0.2, 0.25) is 11.8 Å². The van der Waals surface area contributed by atoms with E-state index in [2.05, 4.69) is 30.1 Å². The summed E-state index contributed by atoms with van der Waals surface area (Å²) in [6.07, 6.45) is 2.47. The standard InChI is InChI=1S/C16H20N2O3/c1-11-17-18-14(20-11)8-5-9-19-13-7-4-6-12-10-16(2,3)21-15(12)13/h4,6-7H,5,8-10H2,1-3H3. The Morgan fingerprint density at radius 3 is 2.90 bits per heavy atom. The Morgan fingerprint density at radius 2 is 2.14 bits per heavy atom. The number of nitrogens with zero attached hydrogens (tertiary/aromatic N) is 2. The average Bonchev–Trinajstić information content (AvgIpc) is 2.96. The van der Waals surface area contributed by atoms with Gasteiger partial charge in [-0.05, 0) is 26.3 Å². The molecule has 0 saturated carbocycles. The zero-order valence-electron chi connectivity index (χ0n) is 12.7. The minimum Gasteiger partial charge on any atom is -0.490 e. The van der Waals surface area contributed by atoms with E-state index in [4.69, 9.17) is 13.9 Å². The maximum Gasteiger partial charge on any atom is 0.216 e. The van der Waals surface area contributed by atoms with Crippen LogP contribution in [-0.4, -0.2) is 22.4 Å². The second-order valence-electron chi connectivity index (χ2n) is 5.95. The van der Waals surface area contributed by atoms with Crippen molar-refractivity contribution in [3.63, 3.8) is 0 Å². The first-order valence-corrected chi connectivity index (χ1v) is 7.26. The maximum absolute atomic E-state index is 5.98. The number of benzene rings is 1. The summed E-state index contributed by atoms with van der Waals surface area (Å²) < 4.78 is 17.2. The van der Waals surface area contributed by atoms with Crippen LogP contribution in [0.3, 0.4) is 0 Å². The molecule has 2 aromatic rings. The average molecular weight is 288 g/mol. The molecule has 112 valence electrons. The van der Waals surface area contributed by atoms with Crippen LogP contribution in [0.2, 0.25) is 0 Å². The fourth-order valence-corrected chi connectivity index (χ4v) is 2.55. The molecule has 0 atom stereocenters. The molecule has 3 rings (SSSR count). The molecule has 0 fully saturated rings. The van der Waals surface area contributed by atoms with Crippen LogP contribution >= 0.6 is 0 Å². The van der Waals surface area contributed by atoms with Gasteiger partial charge in [-0.3, -0.25) is 0 Å². The summed E-state index contributed by atoms with van der Waals surface area (Å²) in [5.41, 5.74) is 1.06. The third-order valence-corrected chi connectivity index (χ3v) is 3.42. The predicted molar refractivity (Wildman–Crippen MR) is 77.7 cm³/mol. The van der Waals surface area contributed by atoms with Crippen molar-refractivity contribution in [1.29, 1.82) is 0 Å². The van der Waals surface area contributed by atoms with Gasteiger partial charge in [0, 0.05) is 25.3 Å². The molecule has 0 aliphatic carbocycles. The van der Waals surface area contributed by atoms with Crippen LogP contribution in [0.15, 0.2) is 22.6 Å². The number of aromatic nitrogens is 2. The van der Waals surface area contributed by atoms with Crippen LogP contribution in [0.4, 0.5) is 0 Å². The van der Waals surface area contributed by atoms with E-state index in [-0.39, 0.29) is 5.60 Å². The van der Waals surface area contributed by atoms with Crippen molar-refractivity contribution in [3.05, 3.63) is 35.5 Å². The minimum atomic E-state index is -0.150. The molecule has 1 aromatic heterocycles. The molecular formula is C16H20N2O3. The lowest BCUT2D eigenvalue weighted by atomic mass is 10.0. The van der Waals surface area contributed by atoms with Gasteiger partial charge in [-0.15, -0.1) is 10.2 Å². The van der Waals surface area contributed by atoms with Crippen molar-refractivity contribution in [2.45, 2.75) is 45.6 Å². The largest absolute Gasteiger partial charge is 0.490 e. The van der Waals surface area contributed by atoms with Gasteiger partial charge in [0.1, 0.15) is 5.60 Å². The summed E-state index contributed by atoms with van der Waals surface area (Å²) in [6.45, 7) is 6.57. The summed E-state index contributed by atoms with van der Waals surface area (Å²) in [5, 5.41) is 7.78. The maximum atomic E-state index is 5.98. The van der Waals surface area contributed by atoms with E-state index in [1.54, 1.807) is 6.92 Å². The molecule has 21 heavy (non-hydrogen) atoms. The molecule has 0 amide bonds. The van der Waals surface area contributed by atoms with Crippen molar-refractivity contribution >= 4 is 0 Å². The smallest absolute Gasteiger partial charge is 0.216 e. The quantitative estimate of drug-likeness (QED) is 0.791. The molecule has 0 N–H and O–H groups in total. The lowest BCUT2D eigenvalue weighted by molar-refractivity contribution is 0.132. The number of fused-ring (bicyclic) bond motifs is 1. The van der Waals surface area contributed by atoms with Crippen molar-refractivity contribution in [2.75, 3.05) is 6.61 Å². The van der Waals surface area contributed by atoms with Crippen molar-refractivity contribution in [3.8, 4) is 11.5 Å². The van der Waals surface area contributed by atoms with E-state index in [9.17, 15) is 0 Å². The van der Waals surface area contributed by atoms with Crippen molar-refractivity contribution in [1.82, 2.24) is 10.2 Å². The van der Waals surface area contributed by atoms with Gasteiger partial charge >= 0.3 is 0 Å². The highest BCUT2D eigenvalue weighted by Gasteiger charge is 2.32. The number of hydrogen-bond donors (Lipinski definition) is 0. The van der Waals surface area contributed by atoms with E-state index in [1.807, 2.05) is 12.1 Å². The van der Waals surface area contributed by atoms with Gasteiger partial charge in [0.25, 0.3) is 0 Å². The zero-order valence-corrected chi connectivity index (χ0v) is 12.7. The highest BCUT2D eigenvalue weighted by atomic mass is 16.5. The van der Waals surface area contributed by atoms with Crippen LogP contribution in [0.1, 0.15) is 37.6 Å². The molecular weight excluding hydrogens is 268 g/mol. The van der Waals surface area contributed by atoms with Gasteiger partial charge in [0.15, 0.2) is 11.5 Å². The lowest BCUT2D eigenvalue weighted by Gasteiger charge is -2.18. The monoisotopic (exact) mass is 288 g/mol. The molecule has 5 nitrogen and oxygen atoms in total. The topological polar surface area (TPSA) is 57.4 Å². The molecule has 2 heterocycles. The van der Waals surface area contributed by atoms with Crippen molar-refractivity contribution < 1.29 is 13.9 Å². The number of hydrogen-bond acceptors (Lipinski definition) is 5. The molecule has 0 radical (unpaired) electrons. The fourth-order valence-electron chi connectivity index (χ4n) is 2.55. The number of para-hydroxylation sites is 1. The SMILES string of the molecule is Cc1nnc(CCCOc2cccc3c2OC(C)(C)C3)o1. The van der Waals surface area contributed by atoms with Crippen molar-refractivity contribution in [2.24, 2.45) is 0 Å². The molecule has 0 saturated heterocycles. The number of aryl methyl sites for hydroxylation is 2. The third kappa shape index (κ3) is 3.17. The Kier molecular flexibility index (Phi) is 3.57. The molecule has 0 unspecified atom stereocenters. The van der Waals surface area contributed by atoms with Crippen LogP contribution in [0.25, 0.3) is 0 Å². The summed E-state index contributed by atoms with van der Waals surface area (Å²) in [5.74, 6) is 2.96. The molecule has 0 bridgehead atoms. The second-order valence-corrected chi connectivity index (χ2v) is 5.95. The van der Waals surface area contributed by atoms with Gasteiger partial charge in [-0.1, -0.05) is 12.1 Å². The van der Waals surface area contributed by atoms with Crippen LogP contribution < -0.4 is 9.47 Å². The first-order chi connectivity index (χ1) is 10.0. The van der Waals surface area contributed by atoms with E-state index in [0.717, 1.165) is 30.8 Å². The Bertz CT molecular complexity index is 634. The van der Waals surface area contributed by atoms with E-state index < -0.39 is 0 Å². The molecule has 1 aromatic carbocycles. The Morgan fingerprint density at radius 1 is 1.29 bits per heavy atom. The molecule has 0 spiro atoms. The Labute approximate surface area is 124 Å². The molecule has 1 aliphatic heterocycles. The summed E-state index contributed by atoms with van der Waals surface area (Å²) in [6, 6.07) is 6.07. The second kappa shape index (κ2) is 5.39. The van der Waals surface area contributed by atoms with Gasteiger partial charge in [-0.25, -0.2) is 0 Å². The Balaban J connectivity index is 1.56. The van der Waals surface area contributed by atoms with Gasteiger partial charge in [-0.2, -0.15) is 0 Å². The number of rotatable bonds is 5. The number of ether oxygens (including phenoxy) is 2. The Hall–Kier alpha value is -2.04. The highest BCUT2D eigenvalue weighted by Crippen LogP contribution is 2.41. The third-order valence-electron chi connectivity index (χ3n) is 3.42. The fraction of sp³-hybridized carbons (Fsp3) is 0.500. The van der Waals surface area contributed by atoms with Crippen LogP contribution in [-0.2, 0) is 12.8 Å². The van der Waals surface area contributed by atoms with E-state index in [1.165, 1.54) is 5.56 Å². The zero-order chi connectivity index (χ0) is 14.9. The van der Waals surface area contributed by atoms with Gasteiger partial charge < -0.3 is 13.9 Å². The lowest BCUT2D eigenvalue weighted by Crippen LogP contribution is -2.24. The molecule has 5 heteroatoms. The molecule has 1 aliphatic rings. The van der Waals surface area contributed by atoms with E-state index >= 15 is 0 Å². The summed E-state index contributed by atoms with van der Waals surface area (Å²) in [7, 11) is 0. The van der Waals surface area contributed by atoms with Crippen LogP contribution in [0, 0.1) is 6.92 Å². The predicted octanol–water partition coefficient (Wildman–Crippen LogP) is 3.10. The summed E-state index contributed by atoms with van der Waals surface area (Å²) >= 11 is 0. The minimum absolute atomic E-state index is 0.150. The van der Waals surface area contributed by atoms with Crippen LogP contribution in [0.5, 0.6) is 11.5 Å². The normalized spacial score (nSPS) is 15.6. The first kappa shape index (κ1) is 13.9. The first-order valence-electron chi connectivity index (χ1n) is 7.26. The van der Waals surface area contributed by atoms with Gasteiger partial charge in [0.05, 0.1) is 6.61 Å². The van der Waals surface area contributed by atoms with E-state index in [0.29, 0.717) is 18.4 Å².